The smallest absolute Gasteiger partial charge is 0.341 e. The number of phenolic OH excluding ortho intramolecular Hbond substituents is 1. The highest BCUT2D eigenvalue weighted by molar-refractivity contribution is 5.92. The lowest BCUT2D eigenvalue weighted by molar-refractivity contribution is 0.0596. The summed E-state index contributed by atoms with van der Waals surface area (Å²) in [6, 6.07) is 1.96. The van der Waals surface area contributed by atoms with Gasteiger partial charge >= 0.3 is 5.97 Å². The molecule has 0 spiro atoms. The predicted octanol–water partition coefficient (Wildman–Crippen LogP) is 1.44. The minimum absolute atomic E-state index is 0.0631. The summed E-state index contributed by atoms with van der Waals surface area (Å²) in [5, 5.41) is 9.33. The Morgan fingerprint density at radius 2 is 2.12 bits per heavy atom. The van der Waals surface area contributed by atoms with Gasteiger partial charge in [-0.2, -0.15) is 0 Å². The lowest BCUT2D eigenvalue weighted by Crippen LogP contribution is -2.19. The summed E-state index contributed by atoms with van der Waals surface area (Å²) in [5.74, 6) is -1.14. The third-order valence-corrected chi connectivity index (χ3v) is 2.08. The summed E-state index contributed by atoms with van der Waals surface area (Å²) in [6.45, 7) is 0. The lowest BCUT2D eigenvalue weighted by atomic mass is 10.0. The van der Waals surface area contributed by atoms with Crippen LogP contribution < -0.4 is 5.73 Å². The van der Waals surface area contributed by atoms with E-state index in [2.05, 4.69) is 4.74 Å². The van der Waals surface area contributed by atoms with Gasteiger partial charge in [0.15, 0.2) is 0 Å². The van der Waals surface area contributed by atoms with E-state index in [9.17, 15) is 18.7 Å². The highest BCUT2D eigenvalue weighted by atomic mass is 19.3. The van der Waals surface area contributed by atoms with Crippen LogP contribution in [-0.2, 0) is 4.74 Å². The van der Waals surface area contributed by atoms with Crippen LogP contribution in [0.3, 0.4) is 0 Å². The summed E-state index contributed by atoms with van der Waals surface area (Å²) in [4.78, 5) is 11.2. The van der Waals surface area contributed by atoms with Crippen molar-refractivity contribution < 1.29 is 23.4 Å². The average Bonchev–Trinajstić information content (AvgIpc) is 2.27. The van der Waals surface area contributed by atoms with Crippen LogP contribution in [0.25, 0.3) is 0 Å². The van der Waals surface area contributed by atoms with Gasteiger partial charge in [-0.3, -0.25) is 0 Å². The average molecular weight is 231 g/mol. The van der Waals surface area contributed by atoms with Gasteiger partial charge in [0, 0.05) is 0 Å². The van der Waals surface area contributed by atoms with E-state index in [0.29, 0.717) is 0 Å². The van der Waals surface area contributed by atoms with Crippen molar-refractivity contribution in [3.63, 3.8) is 0 Å². The number of nitrogens with two attached hydrogens (primary N) is 1. The Labute approximate surface area is 90.6 Å². The fraction of sp³-hybridized carbons (Fsp3) is 0.300. The number of alkyl halides is 2. The normalized spacial score (nSPS) is 12.6. The molecule has 3 N–H and O–H groups in total. The molecule has 16 heavy (non-hydrogen) atoms. The van der Waals surface area contributed by atoms with Crippen LogP contribution in [0.5, 0.6) is 5.75 Å². The first-order valence-electron chi connectivity index (χ1n) is 4.42. The molecule has 88 valence electrons. The summed E-state index contributed by atoms with van der Waals surface area (Å²) >= 11 is 0. The second-order valence-electron chi connectivity index (χ2n) is 3.13. The van der Waals surface area contributed by atoms with Gasteiger partial charge in [-0.05, 0) is 17.7 Å². The molecule has 1 rings (SSSR count). The molecule has 0 heterocycles. The van der Waals surface area contributed by atoms with Crippen molar-refractivity contribution in [2.24, 2.45) is 5.73 Å². The van der Waals surface area contributed by atoms with Crippen LogP contribution in [0.4, 0.5) is 8.78 Å². The monoisotopic (exact) mass is 231 g/mol. The van der Waals surface area contributed by atoms with Gasteiger partial charge in [-0.1, -0.05) is 6.07 Å². The van der Waals surface area contributed by atoms with Crippen molar-refractivity contribution in [3.8, 4) is 5.75 Å². The number of benzene rings is 1. The molecule has 0 saturated carbocycles. The largest absolute Gasteiger partial charge is 0.507 e. The van der Waals surface area contributed by atoms with E-state index in [1.165, 1.54) is 6.07 Å². The molecule has 0 aliphatic rings. The molecule has 0 aliphatic carbocycles. The van der Waals surface area contributed by atoms with E-state index in [1.54, 1.807) is 0 Å². The number of aromatic hydroxyl groups is 1. The number of methoxy groups -OCH3 is 1. The topological polar surface area (TPSA) is 72.5 Å². The first-order chi connectivity index (χ1) is 7.47. The first-order valence-corrected chi connectivity index (χ1v) is 4.42. The van der Waals surface area contributed by atoms with Gasteiger partial charge in [0.1, 0.15) is 11.3 Å². The molecule has 0 fully saturated rings. The zero-order valence-electron chi connectivity index (χ0n) is 8.48. The Morgan fingerprint density at radius 1 is 1.50 bits per heavy atom. The van der Waals surface area contributed by atoms with Gasteiger partial charge in [-0.15, -0.1) is 0 Å². The Bertz CT molecular complexity index is 396. The zero-order chi connectivity index (χ0) is 12.3. The molecule has 0 aliphatic heterocycles. The molecule has 6 heteroatoms. The zero-order valence-corrected chi connectivity index (χ0v) is 8.48. The van der Waals surface area contributed by atoms with Crippen LogP contribution in [0.15, 0.2) is 18.2 Å². The van der Waals surface area contributed by atoms with Crippen molar-refractivity contribution in [2.45, 2.75) is 12.5 Å². The molecule has 4 nitrogen and oxygen atoms in total. The highest BCUT2D eigenvalue weighted by Gasteiger charge is 2.20. The third kappa shape index (κ3) is 2.46. The molecular formula is C10H11F2NO3. The van der Waals surface area contributed by atoms with E-state index in [1.807, 2.05) is 0 Å². The van der Waals surface area contributed by atoms with Gasteiger partial charge in [0.25, 0.3) is 6.43 Å². The number of ether oxygens (including phenoxy) is 1. The number of carbonyl (C=O) groups excluding carboxylic acids is 1. The van der Waals surface area contributed by atoms with Crippen LogP contribution in [0.1, 0.15) is 22.0 Å². The third-order valence-electron chi connectivity index (χ3n) is 2.08. The Hall–Kier alpha value is -1.69. The minimum Gasteiger partial charge on any atom is -0.507 e. The maximum Gasteiger partial charge on any atom is 0.341 e. The summed E-state index contributed by atoms with van der Waals surface area (Å²) in [7, 11) is 1.13. The molecule has 0 radical (unpaired) electrons. The number of hydrogen-bond donors (Lipinski definition) is 2. The maximum absolute atomic E-state index is 12.3. The first kappa shape index (κ1) is 12.4. The number of rotatable bonds is 3. The van der Waals surface area contributed by atoms with Crippen molar-refractivity contribution in [3.05, 3.63) is 29.3 Å². The van der Waals surface area contributed by atoms with Crippen molar-refractivity contribution in [2.75, 3.05) is 7.11 Å². The van der Waals surface area contributed by atoms with Crippen LogP contribution in [0.2, 0.25) is 0 Å². The molecule has 1 aromatic carbocycles. The molecule has 1 atom stereocenters. The van der Waals surface area contributed by atoms with E-state index in [4.69, 9.17) is 5.73 Å². The number of hydrogen-bond acceptors (Lipinski definition) is 4. The Morgan fingerprint density at radius 3 is 2.62 bits per heavy atom. The van der Waals surface area contributed by atoms with Crippen LogP contribution >= 0.6 is 0 Å². The minimum atomic E-state index is -2.74. The van der Waals surface area contributed by atoms with Gasteiger partial charge < -0.3 is 15.6 Å². The molecule has 0 saturated heterocycles. The second-order valence-corrected chi connectivity index (χ2v) is 3.13. The quantitative estimate of drug-likeness (QED) is 0.772. The lowest BCUT2D eigenvalue weighted by Gasteiger charge is -2.12. The number of phenols is 1. The van der Waals surface area contributed by atoms with E-state index < -0.39 is 18.4 Å². The Kier molecular flexibility index (Phi) is 3.78. The molecule has 0 bridgehead atoms. The SMILES string of the molecule is COC(=O)c1cc(C(N)C(F)F)ccc1O. The summed E-state index contributed by atoms with van der Waals surface area (Å²) in [6.07, 6.45) is -2.74. The van der Waals surface area contributed by atoms with Crippen LogP contribution in [0, 0.1) is 0 Å². The van der Waals surface area contributed by atoms with Crippen molar-refractivity contribution >= 4 is 5.97 Å². The Balaban J connectivity index is 3.12. The van der Waals surface area contributed by atoms with E-state index in [0.717, 1.165) is 19.2 Å². The van der Waals surface area contributed by atoms with E-state index >= 15 is 0 Å². The number of esters is 1. The molecule has 1 unspecified atom stereocenters. The molecule has 0 amide bonds. The number of halogens is 2. The predicted molar refractivity (Wildman–Crippen MR) is 52.4 cm³/mol. The fourth-order valence-corrected chi connectivity index (χ4v) is 1.18. The molecule has 1 aromatic rings. The molecular weight excluding hydrogens is 220 g/mol. The summed E-state index contributed by atoms with van der Waals surface area (Å²) in [5.41, 5.74) is 5.09. The van der Waals surface area contributed by atoms with Crippen LogP contribution in [-0.4, -0.2) is 24.6 Å². The van der Waals surface area contributed by atoms with E-state index in [-0.39, 0.29) is 16.9 Å². The summed E-state index contributed by atoms with van der Waals surface area (Å²) < 4.78 is 29.0. The molecule has 0 aromatic heterocycles. The van der Waals surface area contributed by atoms with Gasteiger partial charge in [0.05, 0.1) is 13.2 Å². The highest BCUT2D eigenvalue weighted by Crippen LogP contribution is 2.24. The second kappa shape index (κ2) is 4.89. The number of carbonyl (C=O) groups is 1. The van der Waals surface area contributed by atoms with Gasteiger partial charge in [0.2, 0.25) is 0 Å². The van der Waals surface area contributed by atoms with Gasteiger partial charge in [-0.25, -0.2) is 13.6 Å². The fourth-order valence-electron chi connectivity index (χ4n) is 1.18. The standard InChI is InChI=1S/C10H11F2NO3/c1-16-10(15)6-4-5(2-3-7(6)14)8(13)9(11)12/h2-4,8-9,14H,13H2,1H3. The maximum atomic E-state index is 12.3. The van der Waals surface area contributed by atoms with Crippen molar-refractivity contribution in [1.82, 2.24) is 0 Å². The van der Waals surface area contributed by atoms with Crippen molar-refractivity contribution in [1.29, 1.82) is 0 Å².